The first-order chi connectivity index (χ1) is 10.3. The number of aliphatic carboxylic acids is 1. The number of amides is 1. The van der Waals surface area contributed by atoms with Crippen LogP contribution in [0.1, 0.15) is 19.4 Å². The number of aromatic hydroxyl groups is 1. The first kappa shape index (κ1) is 16.5. The summed E-state index contributed by atoms with van der Waals surface area (Å²) in [7, 11) is 0. The molecule has 0 aliphatic carbocycles. The maximum atomic E-state index is 12.5. The molecule has 0 unspecified atom stereocenters. The van der Waals surface area contributed by atoms with Gasteiger partial charge in [0.1, 0.15) is 16.1 Å². The number of carbonyl (C=O) groups excluding carboxylic acids is 1. The Morgan fingerprint density at radius 1 is 1.36 bits per heavy atom. The van der Waals surface area contributed by atoms with E-state index in [0.717, 1.165) is 16.7 Å². The number of phenolic OH excluding ortho intramolecular Hbond substituents is 1. The van der Waals surface area contributed by atoms with Crippen molar-refractivity contribution in [1.29, 1.82) is 0 Å². The van der Waals surface area contributed by atoms with E-state index >= 15 is 0 Å². The zero-order chi connectivity index (χ0) is 16.4. The zero-order valence-corrected chi connectivity index (χ0v) is 13.6. The van der Waals surface area contributed by atoms with Crippen molar-refractivity contribution in [1.82, 2.24) is 4.90 Å². The van der Waals surface area contributed by atoms with Crippen LogP contribution in [0.15, 0.2) is 29.2 Å². The Labute approximate surface area is 137 Å². The monoisotopic (exact) mass is 337 g/mol. The predicted octanol–water partition coefficient (Wildman–Crippen LogP) is 2.70. The van der Waals surface area contributed by atoms with Crippen molar-refractivity contribution in [2.75, 3.05) is 0 Å². The molecule has 0 radical (unpaired) electrons. The molecular weight excluding hydrogens is 322 g/mol. The Balaban J connectivity index is 2.37. The summed E-state index contributed by atoms with van der Waals surface area (Å²) in [5.41, 5.74) is 0.486. The third-order valence-corrected chi connectivity index (χ3v) is 4.54. The molecule has 1 aromatic carbocycles. The van der Waals surface area contributed by atoms with E-state index in [1.807, 2.05) is 0 Å². The van der Waals surface area contributed by atoms with Crippen LogP contribution in [0.4, 0.5) is 0 Å². The minimum absolute atomic E-state index is 0.0476. The highest BCUT2D eigenvalue weighted by Crippen LogP contribution is 2.36. The normalized spacial score (nSPS) is 18.3. The minimum Gasteiger partial charge on any atom is -0.507 e. The number of carboxylic acids is 1. The highest BCUT2D eigenvalue weighted by Gasteiger charge is 2.41. The summed E-state index contributed by atoms with van der Waals surface area (Å²) in [6, 6.07) is 5.60. The van der Waals surface area contributed by atoms with Crippen LogP contribution in [0.5, 0.6) is 5.75 Å². The van der Waals surface area contributed by atoms with Crippen LogP contribution in [0, 0.1) is 5.92 Å². The van der Waals surface area contributed by atoms with Crippen LogP contribution in [-0.4, -0.2) is 37.4 Å². The van der Waals surface area contributed by atoms with E-state index in [2.05, 4.69) is 0 Å². The molecule has 1 amide bonds. The number of benzene rings is 1. The average Bonchev–Trinajstić information content (AvgIpc) is 2.69. The molecule has 0 aromatic heterocycles. The van der Waals surface area contributed by atoms with Crippen LogP contribution in [0.3, 0.4) is 0 Å². The van der Waals surface area contributed by atoms with Gasteiger partial charge in [0.05, 0.1) is 4.91 Å². The van der Waals surface area contributed by atoms with Crippen LogP contribution in [0.2, 0.25) is 0 Å². The lowest BCUT2D eigenvalue weighted by Crippen LogP contribution is -2.47. The van der Waals surface area contributed by atoms with Gasteiger partial charge in [0.25, 0.3) is 5.91 Å². The molecule has 1 aliphatic heterocycles. The number of nitrogens with zero attached hydrogens (tertiary/aromatic N) is 1. The molecular formula is C15H15NO4S2. The van der Waals surface area contributed by atoms with Gasteiger partial charge in [0, 0.05) is 5.56 Å². The highest BCUT2D eigenvalue weighted by molar-refractivity contribution is 8.26. The average molecular weight is 337 g/mol. The molecule has 1 aliphatic rings. The smallest absolute Gasteiger partial charge is 0.327 e. The van der Waals surface area contributed by atoms with Crippen LogP contribution < -0.4 is 0 Å². The van der Waals surface area contributed by atoms with Crippen molar-refractivity contribution in [2.24, 2.45) is 5.92 Å². The highest BCUT2D eigenvalue weighted by atomic mass is 32.2. The first-order valence-corrected chi connectivity index (χ1v) is 7.83. The van der Waals surface area contributed by atoms with E-state index in [-0.39, 0.29) is 16.0 Å². The largest absolute Gasteiger partial charge is 0.507 e. The van der Waals surface area contributed by atoms with Crippen molar-refractivity contribution >= 4 is 46.3 Å². The molecule has 1 heterocycles. The van der Waals surface area contributed by atoms with E-state index < -0.39 is 17.9 Å². The quantitative estimate of drug-likeness (QED) is 0.650. The van der Waals surface area contributed by atoms with Gasteiger partial charge in [-0.3, -0.25) is 9.69 Å². The molecule has 7 heteroatoms. The van der Waals surface area contributed by atoms with Crippen LogP contribution in [-0.2, 0) is 9.59 Å². The molecule has 116 valence electrons. The third-order valence-electron chi connectivity index (χ3n) is 3.21. The molecule has 1 atom stereocenters. The lowest BCUT2D eigenvalue weighted by Gasteiger charge is -2.26. The summed E-state index contributed by atoms with van der Waals surface area (Å²) in [6.07, 6.45) is 1.52. The van der Waals surface area contributed by atoms with Gasteiger partial charge < -0.3 is 10.2 Å². The number of thiocarbonyl (C=S) groups is 1. The summed E-state index contributed by atoms with van der Waals surface area (Å²) in [6.45, 7) is 3.45. The fourth-order valence-electron chi connectivity index (χ4n) is 2.16. The molecule has 2 N–H and O–H groups in total. The zero-order valence-electron chi connectivity index (χ0n) is 12.0. The summed E-state index contributed by atoms with van der Waals surface area (Å²) in [5.74, 6) is -1.76. The maximum Gasteiger partial charge on any atom is 0.327 e. The Kier molecular flexibility index (Phi) is 4.87. The number of carbonyl (C=O) groups is 2. The van der Waals surface area contributed by atoms with Crippen molar-refractivity contribution in [3.8, 4) is 5.75 Å². The second kappa shape index (κ2) is 6.50. The number of carboxylic acid groups (broad SMARTS) is 1. The molecule has 1 aromatic rings. The van der Waals surface area contributed by atoms with E-state index in [4.69, 9.17) is 12.2 Å². The SMILES string of the molecule is CC(C)[C@H](C(=O)O)N1C(=O)/C(=C/c2ccccc2O)SC1=S. The van der Waals surface area contributed by atoms with Gasteiger partial charge in [-0.25, -0.2) is 4.79 Å². The Morgan fingerprint density at radius 2 is 2.00 bits per heavy atom. The third kappa shape index (κ3) is 3.15. The summed E-state index contributed by atoms with van der Waals surface area (Å²) < 4.78 is 0.216. The van der Waals surface area contributed by atoms with E-state index in [9.17, 15) is 19.8 Å². The number of para-hydroxylation sites is 1. The van der Waals surface area contributed by atoms with Gasteiger partial charge in [0.2, 0.25) is 0 Å². The van der Waals surface area contributed by atoms with Crippen LogP contribution >= 0.6 is 24.0 Å². The van der Waals surface area contributed by atoms with Gasteiger partial charge in [-0.2, -0.15) is 0 Å². The first-order valence-electron chi connectivity index (χ1n) is 6.60. The standard InChI is InChI=1S/C15H15NO4S2/c1-8(2)12(14(19)20)16-13(18)11(22-15(16)21)7-9-5-3-4-6-10(9)17/h3-8,12,17H,1-2H3,(H,19,20)/b11-7-/t12-/m1/s1. The number of phenols is 1. The minimum atomic E-state index is -1.09. The fourth-order valence-corrected chi connectivity index (χ4v) is 3.48. The van der Waals surface area contributed by atoms with E-state index in [1.54, 1.807) is 32.0 Å². The second-order valence-electron chi connectivity index (χ2n) is 5.14. The Morgan fingerprint density at radius 3 is 2.55 bits per heavy atom. The van der Waals surface area contributed by atoms with Gasteiger partial charge in [-0.1, -0.05) is 56.0 Å². The van der Waals surface area contributed by atoms with Crippen molar-refractivity contribution in [3.63, 3.8) is 0 Å². The summed E-state index contributed by atoms with van der Waals surface area (Å²) in [5, 5.41) is 19.1. The lowest BCUT2D eigenvalue weighted by atomic mass is 10.0. The molecule has 2 rings (SSSR count). The number of thioether (sulfide) groups is 1. The van der Waals surface area contributed by atoms with Crippen molar-refractivity contribution in [3.05, 3.63) is 34.7 Å². The van der Waals surface area contributed by atoms with E-state index in [0.29, 0.717) is 10.5 Å². The Hall–Kier alpha value is -1.86. The number of rotatable bonds is 4. The number of hydrogen-bond donors (Lipinski definition) is 2. The van der Waals surface area contributed by atoms with Gasteiger partial charge in [0.15, 0.2) is 0 Å². The topological polar surface area (TPSA) is 77.8 Å². The van der Waals surface area contributed by atoms with E-state index in [1.165, 1.54) is 12.1 Å². The lowest BCUT2D eigenvalue weighted by molar-refractivity contribution is -0.146. The van der Waals surface area contributed by atoms with Gasteiger partial charge >= 0.3 is 5.97 Å². The van der Waals surface area contributed by atoms with Crippen LogP contribution in [0.25, 0.3) is 6.08 Å². The van der Waals surface area contributed by atoms with Crippen molar-refractivity contribution < 1.29 is 19.8 Å². The maximum absolute atomic E-state index is 12.5. The summed E-state index contributed by atoms with van der Waals surface area (Å²) in [4.78, 5) is 25.3. The molecule has 0 bridgehead atoms. The predicted molar refractivity (Wildman–Crippen MR) is 89.4 cm³/mol. The molecule has 0 saturated carbocycles. The fraction of sp³-hybridized carbons (Fsp3) is 0.267. The van der Waals surface area contributed by atoms with Gasteiger partial charge in [-0.15, -0.1) is 0 Å². The van der Waals surface area contributed by atoms with Crippen molar-refractivity contribution in [2.45, 2.75) is 19.9 Å². The molecule has 0 spiro atoms. The molecule has 1 fully saturated rings. The molecule has 22 heavy (non-hydrogen) atoms. The molecule has 1 saturated heterocycles. The molecule has 5 nitrogen and oxygen atoms in total. The number of hydrogen-bond acceptors (Lipinski definition) is 5. The second-order valence-corrected chi connectivity index (χ2v) is 6.81. The Bertz CT molecular complexity index is 669. The summed E-state index contributed by atoms with van der Waals surface area (Å²) >= 11 is 6.20. The van der Waals surface area contributed by atoms with Gasteiger partial charge in [-0.05, 0) is 18.1 Å².